The van der Waals surface area contributed by atoms with Gasteiger partial charge in [0.05, 0.1) is 0 Å². The molecule has 6 aromatic carbocycles. The lowest BCUT2D eigenvalue weighted by molar-refractivity contribution is 1.51. The van der Waals surface area contributed by atoms with E-state index in [1.54, 1.807) is 0 Å². The Bertz CT molecular complexity index is 1370. The number of anilines is 2. The number of benzene rings is 6. The average molecular weight is 474 g/mol. The van der Waals surface area contributed by atoms with Gasteiger partial charge in [-0.05, 0) is 80.9 Å². The molecule has 0 aliphatic carbocycles. The molecule has 1 nitrogen and oxygen atoms in total. The van der Waals surface area contributed by atoms with E-state index in [4.69, 9.17) is 0 Å². The Balaban J connectivity index is 1.46. The van der Waals surface area contributed by atoms with Crippen LogP contribution in [0, 0.1) is 0 Å². The molecule has 0 unspecified atom stereocenters. The summed E-state index contributed by atoms with van der Waals surface area (Å²) in [6.07, 6.45) is 0. The number of nitrogens with one attached hydrogen (secondary N) is 1. The molecule has 0 atom stereocenters. The van der Waals surface area contributed by atoms with Gasteiger partial charge < -0.3 is 5.32 Å². The van der Waals surface area contributed by atoms with Crippen molar-refractivity contribution < 1.29 is 0 Å². The van der Waals surface area contributed by atoms with E-state index >= 15 is 0 Å². The fraction of sp³-hybridized carbons (Fsp3) is 0. The van der Waals surface area contributed by atoms with Gasteiger partial charge in [-0.25, -0.2) is 0 Å². The SMILES string of the molecule is c1ccc(-c2cc(Nc3cc(-c4ccccc4)cc(-c4ccccc4)c3)cc(-c3ccccc3)c2)cc1. The molecule has 0 aliphatic heterocycles. The first-order valence-corrected chi connectivity index (χ1v) is 12.6. The molecule has 0 heterocycles. The van der Waals surface area contributed by atoms with Gasteiger partial charge in [-0.3, -0.25) is 0 Å². The molecule has 1 N–H and O–H groups in total. The molecule has 1 heteroatoms. The first-order chi connectivity index (χ1) is 18.3. The Morgan fingerprint density at radius 2 is 0.486 bits per heavy atom. The summed E-state index contributed by atoms with van der Waals surface area (Å²) < 4.78 is 0. The van der Waals surface area contributed by atoms with Crippen LogP contribution in [0.15, 0.2) is 158 Å². The maximum absolute atomic E-state index is 3.74. The van der Waals surface area contributed by atoms with Crippen LogP contribution in [-0.4, -0.2) is 0 Å². The molecule has 0 amide bonds. The Morgan fingerprint density at radius 1 is 0.243 bits per heavy atom. The highest BCUT2D eigenvalue weighted by Gasteiger charge is 2.09. The zero-order chi connectivity index (χ0) is 24.9. The topological polar surface area (TPSA) is 12.0 Å². The zero-order valence-electron chi connectivity index (χ0n) is 20.5. The van der Waals surface area contributed by atoms with Crippen molar-refractivity contribution in [1.82, 2.24) is 0 Å². The van der Waals surface area contributed by atoms with E-state index in [2.05, 4.69) is 163 Å². The van der Waals surface area contributed by atoms with Gasteiger partial charge in [-0.15, -0.1) is 0 Å². The summed E-state index contributed by atoms with van der Waals surface area (Å²) in [5.41, 5.74) is 11.7. The van der Waals surface area contributed by atoms with Gasteiger partial charge in [0, 0.05) is 11.4 Å². The van der Waals surface area contributed by atoms with Crippen molar-refractivity contribution in [3.05, 3.63) is 158 Å². The van der Waals surface area contributed by atoms with E-state index in [-0.39, 0.29) is 0 Å². The van der Waals surface area contributed by atoms with Crippen molar-refractivity contribution in [3.63, 3.8) is 0 Å². The van der Waals surface area contributed by atoms with E-state index in [9.17, 15) is 0 Å². The minimum absolute atomic E-state index is 1.06. The monoisotopic (exact) mass is 473 g/mol. The average Bonchev–Trinajstić information content (AvgIpc) is 2.99. The lowest BCUT2D eigenvalue weighted by Crippen LogP contribution is -1.94. The van der Waals surface area contributed by atoms with Crippen LogP contribution in [0.1, 0.15) is 0 Å². The summed E-state index contributed by atoms with van der Waals surface area (Å²) in [6.45, 7) is 0. The molecule has 37 heavy (non-hydrogen) atoms. The molecule has 0 aromatic heterocycles. The van der Waals surface area contributed by atoms with E-state index < -0.39 is 0 Å². The molecule has 0 bridgehead atoms. The van der Waals surface area contributed by atoms with Crippen molar-refractivity contribution in [2.75, 3.05) is 5.32 Å². The van der Waals surface area contributed by atoms with Crippen molar-refractivity contribution in [3.8, 4) is 44.5 Å². The molecule has 6 aromatic rings. The smallest absolute Gasteiger partial charge is 0.0396 e. The minimum atomic E-state index is 1.06. The highest BCUT2D eigenvalue weighted by molar-refractivity contribution is 5.83. The molecule has 6 rings (SSSR count). The third kappa shape index (κ3) is 5.22. The second-order valence-corrected chi connectivity index (χ2v) is 9.19. The third-order valence-corrected chi connectivity index (χ3v) is 6.58. The quantitative estimate of drug-likeness (QED) is 0.254. The zero-order valence-corrected chi connectivity index (χ0v) is 20.5. The van der Waals surface area contributed by atoms with Crippen LogP contribution in [0.4, 0.5) is 11.4 Å². The van der Waals surface area contributed by atoms with Gasteiger partial charge in [0.25, 0.3) is 0 Å². The van der Waals surface area contributed by atoms with Crippen molar-refractivity contribution in [1.29, 1.82) is 0 Å². The highest BCUT2D eigenvalue weighted by Crippen LogP contribution is 2.35. The van der Waals surface area contributed by atoms with Gasteiger partial charge in [0.1, 0.15) is 0 Å². The Kier molecular flexibility index (Phi) is 6.34. The molecular weight excluding hydrogens is 446 g/mol. The fourth-order valence-corrected chi connectivity index (χ4v) is 4.76. The number of hydrogen-bond acceptors (Lipinski definition) is 1. The molecule has 176 valence electrons. The van der Waals surface area contributed by atoms with Gasteiger partial charge in [0.2, 0.25) is 0 Å². The molecule has 0 aliphatic rings. The van der Waals surface area contributed by atoms with Crippen molar-refractivity contribution in [2.45, 2.75) is 0 Å². The summed E-state index contributed by atoms with van der Waals surface area (Å²) in [5, 5.41) is 3.74. The van der Waals surface area contributed by atoms with Crippen LogP contribution in [0.5, 0.6) is 0 Å². The summed E-state index contributed by atoms with van der Waals surface area (Å²) in [5.74, 6) is 0. The maximum atomic E-state index is 3.74. The second-order valence-electron chi connectivity index (χ2n) is 9.19. The minimum Gasteiger partial charge on any atom is -0.355 e. The number of hydrogen-bond donors (Lipinski definition) is 1. The summed E-state index contributed by atoms with van der Waals surface area (Å²) >= 11 is 0. The molecule has 0 radical (unpaired) electrons. The first kappa shape index (κ1) is 22.6. The van der Waals surface area contributed by atoms with E-state index in [0.29, 0.717) is 0 Å². The van der Waals surface area contributed by atoms with Gasteiger partial charge in [-0.1, -0.05) is 121 Å². The Morgan fingerprint density at radius 3 is 0.730 bits per heavy atom. The molecule has 0 saturated heterocycles. The molecule has 0 saturated carbocycles. The largest absolute Gasteiger partial charge is 0.355 e. The normalized spacial score (nSPS) is 10.7. The lowest BCUT2D eigenvalue weighted by Gasteiger charge is -2.15. The van der Waals surface area contributed by atoms with Crippen LogP contribution in [0.25, 0.3) is 44.5 Å². The van der Waals surface area contributed by atoms with Crippen LogP contribution < -0.4 is 5.32 Å². The molecular formula is C36H27N. The van der Waals surface area contributed by atoms with Gasteiger partial charge in [-0.2, -0.15) is 0 Å². The summed E-state index contributed by atoms with van der Waals surface area (Å²) in [4.78, 5) is 0. The fourth-order valence-electron chi connectivity index (χ4n) is 4.76. The lowest BCUT2D eigenvalue weighted by atomic mass is 9.97. The van der Waals surface area contributed by atoms with Crippen LogP contribution in [0.2, 0.25) is 0 Å². The van der Waals surface area contributed by atoms with Crippen LogP contribution in [0.3, 0.4) is 0 Å². The Hall–Kier alpha value is -4.88. The highest BCUT2D eigenvalue weighted by atomic mass is 14.9. The third-order valence-electron chi connectivity index (χ3n) is 6.58. The maximum Gasteiger partial charge on any atom is 0.0396 e. The molecule has 0 spiro atoms. The predicted molar refractivity (Wildman–Crippen MR) is 158 cm³/mol. The predicted octanol–water partition coefficient (Wildman–Crippen LogP) is 10.1. The first-order valence-electron chi connectivity index (χ1n) is 12.6. The van der Waals surface area contributed by atoms with Gasteiger partial charge >= 0.3 is 0 Å². The van der Waals surface area contributed by atoms with Crippen molar-refractivity contribution in [2.24, 2.45) is 0 Å². The summed E-state index contributed by atoms with van der Waals surface area (Å²) in [7, 11) is 0. The number of rotatable bonds is 6. The van der Waals surface area contributed by atoms with E-state index in [1.165, 1.54) is 44.5 Å². The van der Waals surface area contributed by atoms with Crippen molar-refractivity contribution >= 4 is 11.4 Å². The van der Waals surface area contributed by atoms with Crippen LogP contribution in [-0.2, 0) is 0 Å². The van der Waals surface area contributed by atoms with Crippen LogP contribution >= 0.6 is 0 Å². The summed E-state index contributed by atoms with van der Waals surface area (Å²) in [6, 6.07) is 55.8. The Labute approximate surface area is 218 Å². The standard InChI is InChI=1S/C36H27N/c1-5-13-27(14-6-1)31-21-32(28-15-7-2-8-16-28)24-35(23-31)37-36-25-33(29-17-9-3-10-18-29)22-34(26-36)30-19-11-4-12-20-30/h1-26,37H. The molecule has 0 fully saturated rings. The van der Waals surface area contributed by atoms with Gasteiger partial charge in [0.15, 0.2) is 0 Å². The second kappa shape index (κ2) is 10.4. The van der Waals surface area contributed by atoms with E-state index in [1.807, 2.05) is 0 Å². The van der Waals surface area contributed by atoms with E-state index in [0.717, 1.165) is 11.4 Å².